The number of carboxylic acids is 2. The molecule has 0 aromatic carbocycles. The molecule has 0 unspecified atom stereocenters. The van der Waals surface area contributed by atoms with Crippen LogP contribution in [-0.4, -0.2) is 22.2 Å². The van der Waals surface area contributed by atoms with Gasteiger partial charge in [0.25, 0.3) is 0 Å². The smallest absolute Gasteiger partial charge is 0.327 e. The molecule has 0 aliphatic rings. The first kappa shape index (κ1) is 13.0. The maximum absolute atomic E-state index is 9.51. The summed E-state index contributed by atoms with van der Waals surface area (Å²) in [6.07, 6.45) is 5.12. The first-order valence-electron chi connectivity index (χ1n) is 3.25. The third kappa shape index (κ3) is 23.7. The number of allylic oxidation sites excluding steroid dienone is 2. The molecule has 2 N–H and O–H groups in total. The molecule has 0 aliphatic carbocycles. The Balaban J connectivity index is 0. The van der Waals surface area contributed by atoms with Crippen LogP contribution in [0.25, 0.3) is 0 Å². The van der Waals surface area contributed by atoms with Gasteiger partial charge in [0, 0.05) is 12.2 Å². The minimum atomic E-state index is -0.891. The maximum Gasteiger partial charge on any atom is 0.327 e. The predicted molar refractivity (Wildman–Crippen MR) is 44.9 cm³/mol. The van der Waals surface area contributed by atoms with Gasteiger partial charge in [-0.1, -0.05) is 12.2 Å². The molecule has 0 rings (SSSR count). The fourth-order valence-corrected chi connectivity index (χ4v) is 0.285. The normalized spacial score (nSPS) is 9.50. The van der Waals surface area contributed by atoms with Gasteiger partial charge in [-0.2, -0.15) is 0 Å². The Morgan fingerprint density at radius 2 is 1.17 bits per heavy atom. The molecular formula is C8H12O4. The van der Waals surface area contributed by atoms with E-state index in [0.29, 0.717) is 0 Å². The first-order chi connectivity index (χ1) is 5.54. The fraction of sp³-hybridized carbons (Fsp3) is 0.250. The Bertz CT molecular complexity index is 169. The number of rotatable bonds is 2. The molecule has 0 spiro atoms. The molecule has 0 radical (unpaired) electrons. The second-order valence-electron chi connectivity index (χ2n) is 1.68. The second kappa shape index (κ2) is 9.42. The summed E-state index contributed by atoms with van der Waals surface area (Å²) >= 11 is 0. The standard InChI is InChI=1S/2C4H6O2/c2*1-2-3-4(5)6/h2*2-3H,1H3,(H,5,6)/b2*3-2-. The van der Waals surface area contributed by atoms with Crippen molar-refractivity contribution in [1.29, 1.82) is 0 Å². The van der Waals surface area contributed by atoms with E-state index < -0.39 is 11.9 Å². The highest BCUT2D eigenvalue weighted by Crippen LogP contribution is 1.65. The molecule has 0 amide bonds. The molecule has 0 aromatic rings. The quantitative estimate of drug-likeness (QED) is 0.615. The van der Waals surface area contributed by atoms with E-state index in [0.717, 1.165) is 12.2 Å². The van der Waals surface area contributed by atoms with Gasteiger partial charge in [-0.05, 0) is 13.8 Å². The number of hydrogen-bond donors (Lipinski definition) is 2. The van der Waals surface area contributed by atoms with Crippen LogP contribution in [0.1, 0.15) is 13.8 Å². The van der Waals surface area contributed by atoms with E-state index in [-0.39, 0.29) is 0 Å². The zero-order valence-electron chi connectivity index (χ0n) is 7.02. The van der Waals surface area contributed by atoms with Crippen LogP contribution in [0.5, 0.6) is 0 Å². The zero-order valence-corrected chi connectivity index (χ0v) is 7.02. The van der Waals surface area contributed by atoms with Crippen molar-refractivity contribution in [3.05, 3.63) is 24.3 Å². The molecule has 0 aromatic heterocycles. The van der Waals surface area contributed by atoms with Crippen LogP contribution in [0.2, 0.25) is 0 Å². The molecular weight excluding hydrogens is 160 g/mol. The molecule has 0 atom stereocenters. The lowest BCUT2D eigenvalue weighted by atomic mass is 10.5. The summed E-state index contributed by atoms with van der Waals surface area (Å²) < 4.78 is 0. The zero-order chi connectivity index (χ0) is 9.98. The van der Waals surface area contributed by atoms with Crippen molar-refractivity contribution in [2.45, 2.75) is 13.8 Å². The summed E-state index contributed by atoms with van der Waals surface area (Å²) in [7, 11) is 0. The third-order valence-corrected chi connectivity index (χ3v) is 0.618. The van der Waals surface area contributed by atoms with Crippen molar-refractivity contribution >= 4 is 11.9 Å². The summed E-state index contributed by atoms with van der Waals surface area (Å²) in [4.78, 5) is 19.0. The van der Waals surface area contributed by atoms with Gasteiger partial charge >= 0.3 is 11.9 Å². The van der Waals surface area contributed by atoms with Gasteiger partial charge in [0.15, 0.2) is 0 Å². The van der Waals surface area contributed by atoms with Gasteiger partial charge in [0.1, 0.15) is 0 Å². The van der Waals surface area contributed by atoms with Crippen molar-refractivity contribution in [2.24, 2.45) is 0 Å². The van der Waals surface area contributed by atoms with Crippen LogP contribution in [0, 0.1) is 0 Å². The van der Waals surface area contributed by atoms with E-state index in [1.165, 1.54) is 12.2 Å². The van der Waals surface area contributed by atoms with E-state index in [4.69, 9.17) is 10.2 Å². The maximum atomic E-state index is 9.51. The molecule has 4 nitrogen and oxygen atoms in total. The van der Waals surface area contributed by atoms with E-state index in [1.54, 1.807) is 13.8 Å². The van der Waals surface area contributed by atoms with Gasteiger partial charge in [0.2, 0.25) is 0 Å². The monoisotopic (exact) mass is 172 g/mol. The van der Waals surface area contributed by atoms with Gasteiger partial charge in [-0.15, -0.1) is 0 Å². The molecule has 0 heterocycles. The van der Waals surface area contributed by atoms with Crippen LogP contribution in [-0.2, 0) is 9.59 Å². The van der Waals surface area contributed by atoms with Gasteiger partial charge in [-0.3, -0.25) is 0 Å². The Hall–Kier alpha value is -1.58. The number of aliphatic carboxylic acids is 2. The van der Waals surface area contributed by atoms with Crippen molar-refractivity contribution < 1.29 is 19.8 Å². The summed E-state index contributed by atoms with van der Waals surface area (Å²) in [6, 6.07) is 0. The van der Waals surface area contributed by atoms with Gasteiger partial charge in [-0.25, -0.2) is 9.59 Å². The van der Waals surface area contributed by atoms with Gasteiger partial charge < -0.3 is 10.2 Å². The second-order valence-corrected chi connectivity index (χ2v) is 1.68. The van der Waals surface area contributed by atoms with Crippen molar-refractivity contribution in [2.75, 3.05) is 0 Å². The summed E-state index contributed by atoms with van der Waals surface area (Å²) in [5, 5.41) is 15.7. The van der Waals surface area contributed by atoms with Crippen LogP contribution < -0.4 is 0 Å². The van der Waals surface area contributed by atoms with Gasteiger partial charge in [0.05, 0.1) is 0 Å². The molecule has 0 aliphatic heterocycles. The highest BCUT2D eigenvalue weighted by atomic mass is 16.4. The molecule has 0 saturated carbocycles. The molecule has 0 bridgehead atoms. The summed E-state index contributed by atoms with van der Waals surface area (Å²) in [5.74, 6) is -1.78. The van der Waals surface area contributed by atoms with Crippen molar-refractivity contribution in [3.63, 3.8) is 0 Å². The highest BCUT2D eigenvalue weighted by Gasteiger charge is 1.77. The SMILES string of the molecule is C/C=C\C(=O)O.C/C=C\C(=O)O. The lowest BCUT2D eigenvalue weighted by molar-refractivity contribution is -0.132. The van der Waals surface area contributed by atoms with E-state index in [2.05, 4.69) is 0 Å². The Kier molecular flexibility index (Phi) is 10.2. The average Bonchev–Trinajstić information content (AvgIpc) is 1.87. The minimum Gasteiger partial charge on any atom is -0.478 e. The molecule has 0 fully saturated rings. The van der Waals surface area contributed by atoms with Crippen LogP contribution in [0.3, 0.4) is 0 Å². The highest BCUT2D eigenvalue weighted by molar-refractivity contribution is 5.79. The molecule has 68 valence electrons. The topological polar surface area (TPSA) is 74.6 Å². The lowest BCUT2D eigenvalue weighted by Crippen LogP contribution is -1.83. The summed E-state index contributed by atoms with van der Waals surface area (Å²) in [5.41, 5.74) is 0. The number of hydrogen-bond acceptors (Lipinski definition) is 2. The third-order valence-electron chi connectivity index (χ3n) is 0.618. The van der Waals surface area contributed by atoms with E-state index >= 15 is 0 Å². The number of carbonyl (C=O) groups is 2. The fourth-order valence-electron chi connectivity index (χ4n) is 0.285. The Labute approximate surface area is 70.8 Å². The van der Waals surface area contributed by atoms with E-state index in [1.807, 2.05) is 0 Å². The van der Waals surface area contributed by atoms with Crippen LogP contribution in [0.4, 0.5) is 0 Å². The Morgan fingerprint density at radius 1 is 0.917 bits per heavy atom. The lowest BCUT2D eigenvalue weighted by Gasteiger charge is -1.68. The Morgan fingerprint density at radius 3 is 1.17 bits per heavy atom. The predicted octanol–water partition coefficient (Wildman–Crippen LogP) is 1.29. The average molecular weight is 172 g/mol. The molecule has 12 heavy (non-hydrogen) atoms. The molecule has 0 saturated heterocycles. The number of carboxylic acid groups (broad SMARTS) is 2. The molecule has 4 heteroatoms. The van der Waals surface area contributed by atoms with Crippen LogP contribution in [0.15, 0.2) is 24.3 Å². The van der Waals surface area contributed by atoms with Crippen molar-refractivity contribution in [3.8, 4) is 0 Å². The first-order valence-corrected chi connectivity index (χ1v) is 3.25. The van der Waals surface area contributed by atoms with Crippen molar-refractivity contribution in [1.82, 2.24) is 0 Å². The minimum absolute atomic E-state index is 0.891. The van der Waals surface area contributed by atoms with Crippen LogP contribution >= 0.6 is 0 Å². The largest absolute Gasteiger partial charge is 0.478 e. The van der Waals surface area contributed by atoms with E-state index in [9.17, 15) is 9.59 Å². The summed E-state index contributed by atoms with van der Waals surface area (Å²) in [6.45, 7) is 3.32.